The Balaban J connectivity index is 0.000000360. The zero-order valence-corrected chi connectivity index (χ0v) is 4.27. The van der Waals surface area contributed by atoms with Crippen molar-refractivity contribution >= 4 is 18.2 Å². The first-order chi connectivity index (χ1) is 2.89. The van der Waals surface area contributed by atoms with E-state index >= 15 is 0 Å². The van der Waals surface area contributed by atoms with Crippen molar-refractivity contribution in [3.8, 4) is 0 Å². The summed E-state index contributed by atoms with van der Waals surface area (Å²) in [5.74, 6) is 0.426. The molecule has 5 heteroatoms. The molecule has 4 nitrogen and oxygen atoms in total. The fourth-order valence-corrected chi connectivity index (χ4v) is 0.210. The second kappa shape index (κ2) is 2.41. The van der Waals surface area contributed by atoms with E-state index in [1.807, 2.05) is 0 Å². The van der Waals surface area contributed by atoms with Gasteiger partial charge in [0.15, 0.2) is 5.82 Å². The van der Waals surface area contributed by atoms with Gasteiger partial charge in [0, 0.05) is 0 Å². The third-order valence-corrected chi connectivity index (χ3v) is 0.434. The van der Waals surface area contributed by atoms with Crippen molar-refractivity contribution in [2.75, 3.05) is 5.73 Å². The van der Waals surface area contributed by atoms with Gasteiger partial charge in [-0.05, 0) is 0 Å². The summed E-state index contributed by atoms with van der Waals surface area (Å²) in [5, 5.41) is 9.22. The van der Waals surface area contributed by atoms with Gasteiger partial charge in [-0.2, -0.15) is 10.3 Å². The summed E-state index contributed by atoms with van der Waals surface area (Å²) in [6.45, 7) is 0. The molecule has 3 N–H and O–H groups in total. The van der Waals surface area contributed by atoms with E-state index in [1.54, 1.807) is 0 Å². The maximum absolute atomic E-state index is 5.07. The summed E-state index contributed by atoms with van der Waals surface area (Å²) in [4.78, 5) is 0. The molecule has 1 rings (SSSR count). The number of nitrogens with one attached hydrogen (secondary N) is 1. The molecular formula is C2H5ClN4. The summed E-state index contributed by atoms with van der Waals surface area (Å²) in [5.41, 5.74) is 5.07. The molecule has 0 saturated carbocycles. The van der Waals surface area contributed by atoms with Crippen molar-refractivity contribution in [3.63, 3.8) is 0 Å². The van der Waals surface area contributed by atoms with Crippen molar-refractivity contribution < 1.29 is 0 Å². The van der Waals surface area contributed by atoms with E-state index in [9.17, 15) is 0 Å². The minimum Gasteiger partial charge on any atom is -0.381 e. The zero-order chi connectivity index (χ0) is 4.41. The number of rotatable bonds is 0. The molecule has 1 heterocycles. The number of hydrogen-bond donors (Lipinski definition) is 2. The van der Waals surface area contributed by atoms with Gasteiger partial charge in [-0.25, -0.2) is 0 Å². The van der Waals surface area contributed by atoms with Crippen LogP contribution in [-0.4, -0.2) is 15.4 Å². The lowest BCUT2D eigenvalue weighted by Crippen LogP contribution is -1.81. The highest BCUT2D eigenvalue weighted by Crippen LogP contribution is 1.81. The highest BCUT2D eigenvalue weighted by Gasteiger charge is 1.76. The van der Waals surface area contributed by atoms with E-state index in [1.165, 1.54) is 6.20 Å². The van der Waals surface area contributed by atoms with Crippen molar-refractivity contribution in [1.29, 1.82) is 0 Å². The van der Waals surface area contributed by atoms with Gasteiger partial charge in [0.2, 0.25) is 0 Å². The molecule has 1 aromatic rings. The summed E-state index contributed by atoms with van der Waals surface area (Å²) in [6, 6.07) is 0. The maximum Gasteiger partial charge on any atom is 0.165 e. The second-order valence-electron chi connectivity index (χ2n) is 0.895. The first kappa shape index (κ1) is 6.23. The Kier molecular flexibility index (Phi) is 2.15. The highest BCUT2D eigenvalue weighted by molar-refractivity contribution is 5.85. The Morgan fingerprint density at radius 3 is 2.57 bits per heavy atom. The molecular weight excluding hydrogens is 116 g/mol. The van der Waals surface area contributed by atoms with E-state index in [-0.39, 0.29) is 12.4 Å². The number of aromatic nitrogens is 3. The normalized spacial score (nSPS) is 7.43. The largest absolute Gasteiger partial charge is 0.381 e. The molecule has 0 unspecified atom stereocenters. The second-order valence-corrected chi connectivity index (χ2v) is 0.895. The number of nitrogen functional groups attached to an aromatic ring is 1. The third kappa shape index (κ3) is 1.41. The molecule has 0 atom stereocenters. The summed E-state index contributed by atoms with van der Waals surface area (Å²) in [6.07, 6.45) is 1.44. The fraction of sp³-hybridized carbons (Fsp3) is 0. The molecule has 0 spiro atoms. The molecule has 0 aliphatic heterocycles. The van der Waals surface area contributed by atoms with E-state index in [0.29, 0.717) is 5.82 Å². The maximum atomic E-state index is 5.07. The average Bonchev–Trinajstić information content (AvgIpc) is 1.86. The van der Waals surface area contributed by atoms with Gasteiger partial charge in [-0.3, -0.25) is 0 Å². The summed E-state index contributed by atoms with van der Waals surface area (Å²) in [7, 11) is 0. The summed E-state index contributed by atoms with van der Waals surface area (Å²) < 4.78 is 0. The van der Waals surface area contributed by atoms with Crippen LogP contribution in [-0.2, 0) is 0 Å². The Labute approximate surface area is 46.5 Å². The molecule has 0 saturated heterocycles. The Hall–Kier alpha value is -0.770. The number of aromatic amines is 1. The van der Waals surface area contributed by atoms with Crippen LogP contribution in [0.2, 0.25) is 0 Å². The number of halogens is 1. The number of nitrogens with zero attached hydrogens (tertiary/aromatic N) is 2. The monoisotopic (exact) mass is 120 g/mol. The van der Waals surface area contributed by atoms with Crippen molar-refractivity contribution in [2.24, 2.45) is 0 Å². The third-order valence-electron chi connectivity index (χ3n) is 0.434. The molecule has 0 aliphatic carbocycles. The van der Waals surface area contributed by atoms with Crippen LogP contribution in [0.1, 0.15) is 0 Å². The van der Waals surface area contributed by atoms with E-state index in [4.69, 9.17) is 5.73 Å². The minimum atomic E-state index is 0. The van der Waals surface area contributed by atoms with Gasteiger partial charge in [-0.15, -0.1) is 17.5 Å². The van der Waals surface area contributed by atoms with Crippen LogP contribution in [0, 0.1) is 0 Å². The first-order valence-corrected chi connectivity index (χ1v) is 1.51. The molecule has 0 fully saturated rings. The lowest BCUT2D eigenvalue weighted by Gasteiger charge is -1.65. The van der Waals surface area contributed by atoms with Gasteiger partial charge in [0.1, 0.15) is 0 Å². The van der Waals surface area contributed by atoms with Crippen molar-refractivity contribution in [3.05, 3.63) is 6.20 Å². The van der Waals surface area contributed by atoms with Crippen LogP contribution in [0.4, 0.5) is 5.82 Å². The molecule has 0 radical (unpaired) electrons. The number of H-pyrrole nitrogens is 1. The molecule has 40 valence electrons. The molecule has 0 bridgehead atoms. The number of nitrogens with two attached hydrogens (primary N) is 1. The van der Waals surface area contributed by atoms with Crippen LogP contribution < -0.4 is 5.73 Å². The number of anilines is 1. The predicted octanol–water partition coefficient (Wildman–Crippen LogP) is -0.191. The quantitative estimate of drug-likeness (QED) is 0.499. The molecule has 0 aromatic carbocycles. The topological polar surface area (TPSA) is 67.6 Å². The minimum absolute atomic E-state index is 0. The van der Waals surface area contributed by atoms with Gasteiger partial charge < -0.3 is 5.73 Å². The lowest BCUT2D eigenvalue weighted by atomic mass is 10.8. The summed E-state index contributed by atoms with van der Waals surface area (Å²) >= 11 is 0. The zero-order valence-electron chi connectivity index (χ0n) is 3.46. The SMILES string of the molecule is Cl.Nc1cn[nH]n1. The van der Waals surface area contributed by atoms with Crippen LogP contribution >= 0.6 is 12.4 Å². The van der Waals surface area contributed by atoms with Crippen LogP contribution in [0.5, 0.6) is 0 Å². The Morgan fingerprint density at radius 2 is 2.43 bits per heavy atom. The smallest absolute Gasteiger partial charge is 0.165 e. The Morgan fingerprint density at radius 1 is 1.71 bits per heavy atom. The lowest BCUT2D eigenvalue weighted by molar-refractivity contribution is 0.943. The molecule has 1 aromatic heterocycles. The highest BCUT2D eigenvalue weighted by atomic mass is 35.5. The predicted molar refractivity (Wildman–Crippen MR) is 28.0 cm³/mol. The molecule has 0 aliphatic rings. The van der Waals surface area contributed by atoms with Crippen LogP contribution in [0.25, 0.3) is 0 Å². The van der Waals surface area contributed by atoms with Gasteiger partial charge >= 0.3 is 0 Å². The van der Waals surface area contributed by atoms with E-state index < -0.39 is 0 Å². The van der Waals surface area contributed by atoms with Crippen LogP contribution in [0.3, 0.4) is 0 Å². The van der Waals surface area contributed by atoms with Gasteiger partial charge in [-0.1, -0.05) is 0 Å². The number of hydrogen-bond acceptors (Lipinski definition) is 3. The van der Waals surface area contributed by atoms with Crippen molar-refractivity contribution in [2.45, 2.75) is 0 Å². The van der Waals surface area contributed by atoms with Crippen LogP contribution in [0.15, 0.2) is 6.20 Å². The Bertz CT molecular complexity index is 113. The van der Waals surface area contributed by atoms with E-state index in [2.05, 4.69) is 15.4 Å². The standard InChI is InChI=1S/C2H4N4.ClH/c3-2-1-4-6-5-2;/h1H,(H3,3,4,5,6);1H. The molecule has 0 amide bonds. The van der Waals surface area contributed by atoms with E-state index in [0.717, 1.165) is 0 Å². The van der Waals surface area contributed by atoms with Crippen molar-refractivity contribution in [1.82, 2.24) is 15.4 Å². The average molecular weight is 121 g/mol. The first-order valence-electron chi connectivity index (χ1n) is 1.51. The van der Waals surface area contributed by atoms with Gasteiger partial charge in [0.25, 0.3) is 0 Å². The molecule has 7 heavy (non-hydrogen) atoms. The fourth-order valence-electron chi connectivity index (χ4n) is 0.210. The van der Waals surface area contributed by atoms with Gasteiger partial charge in [0.05, 0.1) is 6.20 Å².